The molecule has 0 spiro atoms. The molecule has 11 heteroatoms. The van der Waals surface area contributed by atoms with Crippen LogP contribution in [0.2, 0.25) is 0 Å². The lowest BCUT2D eigenvalue weighted by atomic mass is 10.1. The van der Waals surface area contributed by atoms with Gasteiger partial charge in [0, 0.05) is 27.8 Å². The third-order valence-electron chi connectivity index (χ3n) is 6.17. The maximum atomic E-state index is 14.6. The van der Waals surface area contributed by atoms with Gasteiger partial charge in [0.15, 0.2) is 0 Å². The number of carbonyl (C=O) groups is 1. The molecular formula is C25H21FIN5O4. The standard InChI is InChI=1S/C25H21FIN5O4/c1-12-20-19(21(31(2)24(12)35)29-18-9-8-14(27)10-17(18)26)23(34)30-25(36)32(20)16-5-3-4-15(11-16)28-22(33)13-6-7-13/h3-5,8-11,13,29H,6-7H2,1-2H3,(H,28,33)(H,30,34,36). The second-order valence-corrected chi connectivity index (χ2v) is 9.96. The van der Waals surface area contributed by atoms with Crippen LogP contribution in [0, 0.1) is 22.2 Å². The van der Waals surface area contributed by atoms with Crippen molar-refractivity contribution in [3.05, 3.63) is 88.6 Å². The van der Waals surface area contributed by atoms with Gasteiger partial charge in [-0.2, -0.15) is 0 Å². The largest absolute Gasteiger partial charge is 0.338 e. The minimum absolute atomic E-state index is 0.00847. The summed E-state index contributed by atoms with van der Waals surface area (Å²) in [5, 5.41) is 5.72. The van der Waals surface area contributed by atoms with Crippen molar-refractivity contribution in [3.63, 3.8) is 0 Å². The van der Waals surface area contributed by atoms with Crippen LogP contribution in [0.25, 0.3) is 16.6 Å². The van der Waals surface area contributed by atoms with Crippen LogP contribution in [-0.4, -0.2) is 20.0 Å². The molecule has 1 fully saturated rings. The molecule has 1 amide bonds. The summed E-state index contributed by atoms with van der Waals surface area (Å²) in [6.07, 6.45) is 1.68. The van der Waals surface area contributed by atoms with Gasteiger partial charge in [-0.05, 0) is 78.8 Å². The van der Waals surface area contributed by atoms with E-state index in [0.717, 1.165) is 12.8 Å². The van der Waals surface area contributed by atoms with Gasteiger partial charge in [-0.3, -0.25) is 28.5 Å². The van der Waals surface area contributed by atoms with Gasteiger partial charge in [-0.1, -0.05) is 6.07 Å². The molecule has 3 N–H and O–H groups in total. The van der Waals surface area contributed by atoms with E-state index >= 15 is 0 Å². The number of hydrogen-bond acceptors (Lipinski definition) is 5. The van der Waals surface area contributed by atoms with Crippen LogP contribution in [0.15, 0.2) is 56.8 Å². The predicted octanol–water partition coefficient (Wildman–Crippen LogP) is 3.52. The fourth-order valence-corrected chi connectivity index (χ4v) is 4.61. The van der Waals surface area contributed by atoms with Crippen molar-refractivity contribution in [1.82, 2.24) is 14.1 Å². The van der Waals surface area contributed by atoms with Crippen molar-refractivity contribution in [2.24, 2.45) is 13.0 Å². The highest BCUT2D eigenvalue weighted by atomic mass is 127. The number of hydrogen-bond donors (Lipinski definition) is 3. The molecule has 5 rings (SSSR count). The zero-order chi connectivity index (χ0) is 25.7. The highest BCUT2D eigenvalue weighted by Crippen LogP contribution is 2.31. The molecule has 0 aliphatic heterocycles. The average molecular weight is 601 g/mol. The highest BCUT2D eigenvalue weighted by molar-refractivity contribution is 14.1. The Kier molecular flexibility index (Phi) is 6.02. The lowest BCUT2D eigenvalue weighted by Crippen LogP contribution is -2.34. The Morgan fingerprint density at radius 2 is 1.89 bits per heavy atom. The Morgan fingerprint density at radius 3 is 2.58 bits per heavy atom. The molecule has 0 radical (unpaired) electrons. The molecule has 1 saturated carbocycles. The number of H-pyrrole nitrogens is 1. The first kappa shape index (κ1) is 24.0. The van der Waals surface area contributed by atoms with E-state index in [-0.39, 0.29) is 39.8 Å². The lowest BCUT2D eigenvalue weighted by Gasteiger charge is -2.19. The maximum absolute atomic E-state index is 14.6. The third-order valence-corrected chi connectivity index (χ3v) is 6.84. The van der Waals surface area contributed by atoms with Crippen molar-refractivity contribution in [3.8, 4) is 5.69 Å². The topological polar surface area (TPSA) is 118 Å². The van der Waals surface area contributed by atoms with Crippen LogP contribution in [0.5, 0.6) is 0 Å². The molecule has 0 saturated heterocycles. The van der Waals surface area contributed by atoms with Crippen LogP contribution in [0.1, 0.15) is 18.4 Å². The van der Waals surface area contributed by atoms with Crippen LogP contribution in [0.3, 0.4) is 0 Å². The number of amides is 1. The average Bonchev–Trinajstić information content (AvgIpc) is 3.67. The highest BCUT2D eigenvalue weighted by Gasteiger charge is 2.29. The van der Waals surface area contributed by atoms with Crippen LogP contribution < -0.4 is 27.4 Å². The summed E-state index contributed by atoms with van der Waals surface area (Å²) in [7, 11) is 1.46. The number of halogens is 2. The molecule has 1 aliphatic carbocycles. The molecule has 9 nitrogen and oxygen atoms in total. The first-order valence-corrected chi connectivity index (χ1v) is 12.3. The normalized spacial score (nSPS) is 13.1. The summed E-state index contributed by atoms with van der Waals surface area (Å²) >= 11 is 1.98. The number of rotatable bonds is 5. The molecule has 1 aliphatic rings. The summed E-state index contributed by atoms with van der Waals surface area (Å²) in [5.74, 6) is -0.631. The van der Waals surface area contributed by atoms with E-state index in [2.05, 4.69) is 15.6 Å². The van der Waals surface area contributed by atoms with E-state index < -0.39 is 22.6 Å². The first-order valence-electron chi connectivity index (χ1n) is 11.2. The zero-order valence-corrected chi connectivity index (χ0v) is 21.5. The number of anilines is 3. The number of carbonyl (C=O) groups excluding carboxylic acids is 1. The van der Waals surface area contributed by atoms with Crippen LogP contribution in [0.4, 0.5) is 21.6 Å². The maximum Gasteiger partial charge on any atom is 0.333 e. The van der Waals surface area contributed by atoms with Gasteiger partial charge in [-0.25, -0.2) is 9.18 Å². The van der Waals surface area contributed by atoms with Gasteiger partial charge < -0.3 is 10.6 Å². The van der Waals surface area contributed by atoms with Crippen molar-refractivity contribution in [2.75, 3.05) is 10.6 Å². The fraction of sp³-hybridized carbons (Fsp3) is 0.200. The number of benzene rings is 2. The molecule has 36 heavy (non-hydrogen) atoms. The Balaban J connectivity index is 1.75. The molecule has 2 aromatic carbocycles. The summed E-state index contributed by atoms with van der Waals surface area (Å²) in [6.45, 7) is 1.52. The van der Waals surface area contributed by atoms with Gasteiger partial charge >= 0.3 is 5.69 Å². The Hall–Kier alpha value is -3.74. The molecule has 2 heterocycles. The molecule has 0 atom stereocenters. The lowest BCUT2D eigenvalue weighted by molar-refractivity contribution is -0.117. The number of aromatic nitrogens is 3. The number of aryl methyl sites for hydroxylation is 1. The Labute approximate surface area is 217 Å². The van der Waals surface area contributed by atoms with Crippen LogP contribution in [-0.2, 0) is 11.8 Å². The first-order chi connectivity index (χ1) is 17.2. The van der Waals surface area contributed by atoms with Gasteiger partial charge in [0.25, 0.3) is 11.1 Å². The minimum Gasteiger partial charge on any atom is -0.338 e. The zero-order valence-electron chi connectivity index (χ0n) is 19.3. The monoisotopic (exact) mass is 601 g/mol. The van der Waals surface area contributed by atoms with Crippen molar-refractivity contribution in [2.45, 2.75) is 19.8 Å². The SMILES string of the molecule is Cc1c(=O)n(C)c(Nc2ccc(I)cc2F)c2c(=O)[nH]c(=O)n(-c3cccc(NC(=O)C4CC4)c3)c12. The van der Waals surface area contributed by atoms with Crippen molar-refractivity contribution in [1.29, 1.82) is 0 Å². The molecule has 4 aromatic rings. The molecular weight excluding hydrogens is 580 g/mol. The second kappa shape index (κ2) is 9.04. The van der Waals surface area contributed by atoms with E-state index in [1.54, 1.807) is 30.3 Å². The molecule has 0 bridgehead atoms. The minimum atomic E-state index is -0.749. The summed E-state index contributed by atoms with van der Waals surface area (Å²) < 4.78 is 17.7. The van der Waals surface area contributed by atoms with Crippen molar-refractivity contribution < 1.29 is 9.18 Å². The van der Waals surface area contributed by atoms with E-state index in [0.29, 0.717) is 14.9 Å². The third kappa shape index (κ3) is 4.23. The van der Waals surface area contributed by atoms with E-state index in [4.69, 9.17) is 0 Å². The predicted molar refractivity (Wildman–Crippen MR) is 144 cm³/mol. The smallest absolute Gasteiger partial charge is 0.333 e. The van der Waals surface area contributed by atoms with Gasteiger partial charge in [0.2, 0.25) is 5.91 Å². The summed E-state index contributed by atoms with van der Waals surface area (Å²) in [4.78, 5) is 53.8. The van der Waals surface area contributed by atoms with Crippen molar-refractivity contribution >= 4 is 56.6 Å². The van der Waals surface area contributed by atoms with Gasteiger partial charge in [-0.15, -0.1) is 0 Å². The summed E-state index contributed by atoms with van der Waals surface area (Å²) in [5.41, 5.74) is -0.792. The number of pyridine rings is 1. The number of nitrogens with one attached hydrogen (secondary N) is 3. The number of nitrogens with zero attached hydrogens (tertiary/aromatic N) is 2. The Morgan fingerprint density at radius 1 is 1.14 bits per heavy atom. The number of aromatic amines is 1. The van der Waals surface area contributed by atoms with E-state index in [1.807, 2.05) is 22.6 Å². The molecule has 2 aromatic heterocycles. The van der Waals surface area contributed by atoms with Crippen LogP contribution >= 0.6 is 22.6 Å². The number of fused-ring (bicyclic) bond motifs is 1. The molecule has 184 valence electrons. The fourth-order valence-electron chi connectivity index (χ4n) is 4.16. The summed E-state index contributed by atoms with van der Waals surface area (Å²) in [6, 6.07) is 11.1. The van der Waals surface area contributed by atoms with Gasteiger partial charge in [0.05, 0.1) is 16.9 Å². The quantitative estimate of drug-likeness (QED) is 0.303. The van der Waals surface area contributed by atoms with E-state index in [1.165, 1.54) is 35.2 Å². The Bertz CT molecular complexity index is 1740. The van der Waals surface area contributed by atoms with E-state index in [9.17, 15) is 23.6 Å². The molecule has 0 unspecified atom stereocenters. The van der Waals surface area contributed by atoms with Gasteiger partial charge in [0.1, 0.15) is 17.0 Å². The second-order valence-electron chi connectivity index (χ2n) is 8.72.